The van der Waals surface area contributed by atoms with Gasteiger partial charge >= 0.3 is 0 Å². The van der Waals surface area contributed by atoms with E-state index in [-0.39, 0.29) is 5.43 Å². The predicted molar refractivity (Wildman–Crippen MR) is 68.1 cm³/mol. The molecule has 0 atom stereocenters. The van der Waals surface area contributed by atoms with Gasteiger partial charge in [-0.15, -0.1) is 11.6 Å². The van der Waals surface area contributed by atoms with E-state index in [9.17, 15) is 4.79 Å². The summed E-state index contributed by atoms with van der Waals surface area (Å²) in [5, 5.41) is 0.570. The van der Waals surface area contributed by atoms with Crippen molar-refractivity contribution < 1.29 is 9.15 Å². The summed E-state index contributed by atoms with van der Waals surface area (Å²) in [5.41, 5.74) is 0.528. The van der Waals surface area contributed by atoms with E-state index in [4.69, 9.17) is 20.8 Å². The number of aryl methyl sites for hydroxylation is 1. The second-order valence-electron chi connectivity index (χ2n) is 3.73. The zero-order chi connectivity index (χ0) is 12.3. The Labute approximate surface area is 104 Å². The highest BCUT2D eigenvalue weighted by Crippen LogP contribution is 2.19. The average Bonchev–Trinajstić information content (AvgIpc) is 2.35. The second kappa shape index (κ2) is 5.23. The van der Waals surface area contributed by atoms with Gasteiger partial charge in [0.05, 0.1) is 12.5 Å². The van der Waals surface area contributed by atoms with Gasteiger partial charge in [0.1, 0.15) is 17.1 Å². The zero-order valence-electron chi connectivity index (χ0n) is 9.53. The Morgan fingerprint density at radius 3 is 2.88 bits per heavy atom. The Balaban J connectivity index is 2.50. The van der Waals surface area contributed by atoms with E-state index < -0.39 is 0 Å². The number of hydrogen-bond donors (Lipinski definition) is 0. The van der Waals surface area contributed by atoms with Crippen LogP contribution in [-0.2, 0) is 6.42 Å². The lowest BCUT2D eigenvalue weighted by Crippen LogP contribution is -2.02. The van der Waals surface area contributed by atoms with Crippen molar-refractivity contribution >= 4 is 22.6 Å². The minimum absolute atomic E-state index is 0.0292. The minimum atomic E-state index is -0.0292. The summed E-state index contributed by atoms with van der Waals surface area (Å²) >= 11 is 5.62. The van der Waals surface area contributed by atoms with Crippen molar-refractivity contribution in [1.82, 2.24) is 0 Å². The van der Waals surface area contributed by atoms with Crippen LogP contribution in [0.25, 0.3) is 11.0 Å². The molecule has 17 heavy (non-hydrogen) atoms. The maximum atomic E-state index is 11.8. The number of hydrogen-bond acceptors (Lipinski definition) is 3. The van der Waals surface area contributed by atoms with Gasteiger partial charge < -0.3 is 9.15 Å². The van der Waals surface area contributed by atoms with Gasteiger partial charge in [-0.1, -0.05) is 0 Å². The molecule has 0 saturated heterocycles. The molecule has 0 saturated carbocycles. The summed E-state index contributed by atoms with van der Waals surface area (Å²) in [5.74, 6) is 1.89. The Bertz CT molecular complexity index is 574. The lowest BCUT2D eigenvalue weighted by molar-refractivity contribution is 0.414. The molecule has 4 heteroatoms. The Hall–Kier alpha value is -1.48. The Morgan fingerprint density at radius 1 is 1.35 bits per heavy atom. The first-order valence-corrected chi connectivity index (χ1v) is 5.95. The molecule has 1 heterocycles. The molecule has 90 valence electrons. The summed E-state index contributed by atoms with van der Waals surface area (Å²) in [6.45, 7) is 0. The van der Waals surface area contributed by atoms with Crippen LogP contribution in [0, 0.1) is 0 Å². The molecule has 2 rings (SSSR count). The van der Waals surface area contributed by atoms with Crippen LogP contribution in [0.4, 0.5) is 0 Å². The SMILES string of the molecule is COc1ccc2c(=O)cc(CCCCl)oc2c1. The van der Waals surface area contributed by atoms with E-state index in [1.807, 2.05) is 0 Å². The van der Waals surface area contributed by atoms with Crippen molar-refractivity contribution in [3.8, 4) is 5.75 Å². The van der Waals surface area contributed by atoms with Gasteiger partial charge in [-0.3, -0.25) is 4.79 Å². The van der Waals surface area contributed by atoms with Gasteiger partial charge in [-0.25, -0.2) is 0 Å². The zero-order valence-corrected chi connectivity index (χ0v) is 10.3. The number of methoxy groups -OCH3 is 1. The molecule has 0 unspecified atom stereocenters. The molecule has 1 aromatic carbocycles. The van der Waals surface area contributed by atoms with Gasteiger partial charge in [0.15, 0.2) is 5.43 Å². The number of alkyl halides is 1. The monoisotopic (exact) mass is 252 g/mol. The quantitative estimate of drug-likeness (QED) is 0.786. The molecule has 0 aliphatic rings. The van der Waals surface area contributed by atoms with Gasteiger partial charge in [-0.05, 0) is 18.6 Å². The van der Waals surface area contributed by atoms with E-state index in [0.29, 0.717) is 34.8 Å². The first-order chi connectivity index (χ1) is 8.24. The van der Waals surface area contributed by atoms with E-state index in [0.717, 1.165) is 6.42 Å². The molecule has 0 fully saturated rings. The average molecular weight is 253 g/mol. The highest BCUT2D eigenvalue weighted by Gasteiger charge is 2.05. The van der Waals surface area contributed by atoms with Gasteiger partial charge in [0, 0.05) is 24.4 Å². The highest BCUT2D eigenvalue weighted by molar-refractivity contribution is 6.17. The smallest absolute Gasteiger partial charge is 0.192 e. The first kappa shape index (κ1) is 12.0. The van der Waals surface area contributed by atoms with Crippen molar-refractivity contribution in [2.45, 2.75) is 12.8 Å². The third kappa shape index (κ3) is 2.61. The third-order valence-electron chi connectivity index (χ3n) is 2.54. The molecule has 0 bridgehead atoms. The van der Waals surface area contributed by atoms with E-state index in [1.54, 1.807) is 25.3 Å². The second-order valence-corrected chi connectivity index (χ2v) is 4.11. The maximum Gasteiger partial charge on any atom is 0.192 e. The molecule has 0 spiro atoms. The van der Waals surface area contributed by atoms with Gasteiger partial charge in [0.25, 0.3) is 0 Å². The van der Waals surface area contributed by atoms with Crippen LogP contribution < -0.4 is 10.2 Å². The fourth-order valence-electron chi connectivity index (χ4n) is 1.68. The van der Waals surface area contributed by atoms with Gasteiger partial charge in [-0.2, -0.15) is 0 Å². The molecule has 0 aliphatic carbocycles. The molecule has 0 radical (unpaired) electrons. The lowest BCUT2D eigenvalue weighted by atomic mass is 10.2. The van der Waals surface area contributed by atoms with E-state index in [2.05, 4.69) is 0 Å². The molecule has 1 aromatic heterocycles. The number of ether oxygens (including phenoxy) is 1. The minimum Gasteiger partial charge on any atom is -0.497 e. The predicted octanol–water partition coefficient (Wildman–Crippen LogP) is 2.97. The van der Waals surface area contributed by atoms with Crippen molar-refractivity contribution in [1.29, 1.82) is 0 Å². The molecular weight excluding hydrogens is 240 g/mol. The van der Waals surface area contributed by atoms with Crippen LogP contribution >= 0.6 is 11.6 Å². The van der Waals surface area contributed by atoms with Crippen LogP contribution in [0.2, 0.25) is 0 Å². The van der Waals surface area contributed by atoms with E-state index in [1.165, 1.54) is 6.07 Å². The molecular formula is C13H13ClO3. The largest absolute Gasteiger partial charge is 0.497 e. The normalized spacial score (nSPS) is 10.7. The van der Waals surface area contributed by atoms with Crippen molar-refractivity contribution in [2.75, 3.05) is 13.0 Å². The number of halogens is 1. The summed E-state index contributed by atoms with van der Waals surface area (Å²) in [4.78, 5) is 11.8. The van der Waals surface area contributed by atoms with Crippen LogP contribution in [0.3, 0.4) is 0 Å². The first-order valence-electron chi connectivity index (χ1n) is 5.41. The van der Waals surface area contributed by atoms with Crippen LogP contribution in [0.15, 0.2) is 33.5 Å². The topological polar surface area (TPSA) is 39.4 Å². The number of fused-ring (bicyclic) bond motifs is 1. The van der Waals surface area contributed by atoms with Crippen LogP contribution in [0.5, 0.6) is 5.75 Å². The summed E-state index contributed by atoms with van der Waals surface area (Å²) in [7, 11) is 1.58. The molecule has 0 amide bonds. The maximum absolute atomic E-state index is 11.8. The lowest BCUT2D eigenvalue weighted by Gasteiger charge is -2.04. The van der Waals surface area contributed by atoms with Crippen molar-refractivity contribution in [2.24, 2.45) is 0 Å². The molecule has 3 nitrogen and oxygen atoms in total. The fraction of sp³-hybridized carbons (Fsp3) is 0.308. The number of rotatable bonds is 4. The third-order valence-corrected chi connectivity index (χ3v) is 2.81. The van der Waals surface area contributed by atoms with Crippen molar-refractivity contribution in [3.63, 3.8) is 0 Å². The van der Waals surface area contributed by atoms with Gasteiger partial charge in [0.2, 0.25) is 0 Å². The standard InChI is InChI=1S/C13H13ClO3/c1-16-9-4-5-11-12(15)7-10(3-2-6-14)17-13(11)8-9/h4-5,7-8H,2-3,6H2,1H3. The van der Waals surface area contributed by atoms with Crippen molar-refractivity contribution in [3.05, 3.63) is 40.2 Å². The van der Waals surface area contributed by atoms with E-state index >= 15 is 0 Å². The fourth-order valence-corrected chi connectivity index (χ4v) is 1.81. The summed E-state index contributed by atoms with van der Waals surface area (Å²) < 4.78 is 10.7. The molecule has 0 aliphatic heterocycles. The summed E-state index contributed by atoms with van der Waals surface area (Å²) in [6, 6.07) is 6.71. The Kier molecular flexibility index (Phi) is 3.69. The number of benzene rings is 1. The Morgan fingerprint density at radius 2 is 2.18 bits per heavy atom. The highest BCUT2D eigenvalue weighted by atomic mass is 35.5. The molecule has 0 N–H and O–H groups in total. The summed E-state index contributed by atoms with van der Waals surface area (Å²) in [6.07, 6.45) is 1.46. The van der Waals surface area contributed by atoms with Crippen LogP contribution in [-0.4, -0.2) is 13.0 Å². The molecule has 2 aromatic rings. The van der Waals surface area contributed by atoms with Crippen LogP contribution in [0.1, 0.15) is 12.2 Å².